The van der Waals surface area contributed by atoms with Gasteiger partial charge in [0.1, 0.15) is 10.3 Å². The Hall–Kier alpha value is -2.59. The van der Waals surface area contributed by atoms with Gasteiger partial charge in [0.15, 0.2) is 9.84 Å². The quantitative estimate of drug-likeness (QED) is 0.609. The van der Waals surface area contributed by atoms with E-state index in [1.54, 1.807) is 20.0 Å². The van der Waals surface area contributed by atoms with Gasteiger partial charge in [-0.2, -0.15) is 4.98 Å². The van der Waals surface area contributed by atoms with Crippen molar-refractivity contribution in [3.63, 3.8) is 0 Å². The second-order valence-corrected chi connectivity index (χ2v) is 10.5. The van der Waals surface area contributed by atoms with E-state index in [0.29, 0.717) is 16.6 Å². The normalized spacial score (nSPS) is 15.2. The summed E-state index contributed by atoms with van der Waals surface area (Å²) >= 11 is 0.948. The van der Waals surface area contributed by atoms with Crippen molar-refractivity contribution in [1.82, 2.24) is 20.4 Å². The third-order valence-corrected chi connectivity index (χ3v) is 8.09. The molecular weight excluding hydrogens is 412 g/mol. The van der Waals surface area contributed by atoms with E-state index in [0.717, 1.165) is 35.4 Å². The molecule has 3 aromatic rings. The highest BCUT2D eigenvalue weighted by Gasteiger charge is 2.26. The number of pyridine rings is 1. The molecule has 152 valence electrons. The summed E-state index contributed by atoms with van der Waals surface area (Å²) in [4.78, 5) is 21.6. The first-order valence-electron chi connectivity index (χ1n) is 9.30. The fourth-order valence-corrected chi connectivity index (χ4v) is 5.13. The van der Waals surface area contributed by atoms with E-state index < -0.39 is 15.9 Å². The first-order valence-corrected chi connectivity index (χ1v) is 11.8. The smallest absolute Gasteiger partial charge is 0.262 e. The number of hydrogen-bond acceptors (Lipinski definition) is 8. The van der Waals surface area contributed by atoms with Crippen molar-refractivity contribution in [2.75, 3.05) is 5.75 Å². The molecule has 4 rings (SSSR count). The monoisotopic (exact) mass is 432 g/mol. The summed E-state index contributed by atoms with van der Waals surface area (Å²) in [5, 5.41) is 6.78. The van der Waals surface area contributed by atoms with Crippen LogP contribution in [0.25, 0.3) is 11.4 Å². The first-order chi connectivity index (χ1) is 13.9. The SMILES string of the molecule is CCS(=O)(=O)c1ccc(C(=O)NC(C)c2nc(-c3ccnc(C4CC4)c3)no2)s1. The van der Waals surface area contributed by atoms with Crippen molar-refractivity contribution < 1.29 is 17.7 Å². The molecular formula is C19H20N4O4S2. The van der Waals surface area contributed by atoms with Gasteiger partial charge in [-0.1, -0.05) is 12.1 Å². The maximum atomic E-state index is 12.5. The topological polar surface area (TPSA) is 115 Å². The van der Waals surface area contributed by atoms with Crippen molar-refractivity contribution in [3.05, 3.63) is 46.9 Å². The average Bonchev–Trinajstić information content (AvgIpc) is 3.23. The van der Waals surface area contributed by atoms with Gasteiger partial charge in [0, 0.05) is 23.4 Å². The molecule has 0 bridgehead atoms. The molecule has 0 aliphatic heterocycles. The number of nitrogens with zero attached hydrogens (tertiary/aromatic N) is 3. The average molecular weight is 433 g/mol. The minimum Gasteiger partial charge on any atom is -0.340 e. The minimum atomic E-state index is -3.33. The lowest BCUT2D eigenvalue weighted by atomic mass is 10.2. The molecule has 0 saturated heterocycles. The van der Waals surface area contributed by atoms with Crippen molar-refractivity contribution in [3.8, 4) is 11.4 Å². The third kappa shape index (κ3) is 4.23. The van der Waals surface area contributed by atoms with Crippen LogP contribution >= 0.6 is 11.3 Å². The van der Waals surface area contributed by atoms with Gasteiger partial charge in [-0.25, -0.2) is 8.42 Å². The van der Waals surface area contributed by atoms with Gasteiger partial charge in [0.2, 0.25) is 11.7 Å². The molecule has 3 heterocycles. The van der Waals surface area contributed by atoms with Crippen LogP contribution in [0.2, 0.25) is 0 Å². The van der Waals surface area contributed by atoms with Gasteiger partial charge in [-0.05, 0) is 44.0 Å². The number of hydrogen-bond donors (Lipinski definition) is 1. The molecule has 8 nitrogen and oxygen atoms in total. The molecule has 0 spiro atoms. The standard InChI is InChI=1S/C19H20N4O4S2/c1-3-29(25,26)16-7-6-15(28-16)18(24)21-11(2)19-22-17(23-27-19)13-8-9-20-14(10-13)12-4-5-12/h6-12H,3-5H2,1-2H3,(H,21,24). The van der Waals surface area contributed by atoms with Gasteiger partial charge in [0.25, 0.3) is 5.91 Å². The van der Waals surface area contributed by atoms with Gasteiger partial charge >= 0.3 is 0 Å². The number of carbonyl (C=O) groups is 1. The van der Waals surface area contributed by atoms with Crippen LogP contribution in [0, 0.1) is 0 Å². The molecule has 1 amide bonds. The molecule has 1 N–H and O–H groups in total. The number of carbonyl (C=O) groups excluding carboxylic acids is 1. The molecule has 1 atom stereocenters. The molecule has 1 fully saturated rings. The Bertz CT molecular complexity index is 1150. The van der Waals surface area contributed by atoms with Gasteiger partial charge < -0.3 is 9.84 Å². The highest BCUT2D eigenvalue weighted by atomic mass is 32.2. The summed E-state index contributed by atoms with van der Waals surface area (Å²) in [6, 6.07) is 6.23. The molecule has 10 heteroatoms. The number of aromatic nitrogens is 3. The maximum Gasteiger partial charge on any atom is 0.262 e. The summed E-state index contributed by atoms with van der Waals surface area (Å²) < 4.78 is 29.4. The van der Waals surface area contributed by atoms with Crippen LogP contribution in [0.3, 0.4) is 0 Å². The minimum absolute atomic E-state index is 0.00674. The van der Waals surface area contributed by atoms with Gasteiger partial charge in [-0.15, -0.1) is 11.3 Å². The van der Waals surface area contributed by atoms with E-state index in [2.05, 4.69) is 20.4 Å². The number of thiophene rings is 1. The predicted molar refractivity (Wildman–Crippen MR) is 107 cm³/mol. The Labute approximate surface area is 172 Å². The van der Waals surface area contributed by atoms with Crippen LogP contribution in [-0.4, -0.2) is 35.2 Å². The number of sulfone groups is 1. The third-order valence-electron chi connectivity index (χ3n) is 4.69. The highest BCUT2D eigenvalue weighted by molar-refractivity contribution is 7.93. The van der Waals surface area contributed by atoms with E-state index in [1.165, 1.54) is 12.1 Å². The summed E-state index contributed by atoms with van der Waals surface area (Å²) in [7, 11) is -3.33. The molecule has 29 heavy (non-hydrogen) atoms. The lowest BCUT2D eigenvalue weighted by Gasteiger charge is -2.08. The van der Waals surface area contributed by atoms with Crippen LogP contribution < -0.4 is 5.32 Å². The van der Waals surface area contributed by atoms with Crippen LogP contribution in [0.15, 0.2) is 39.2 Å². The van der Waals surface area contributed by atoms with Crippen molar-refractivity contribution >= 4 is 27.1 Å². The van der Waals surface area contributed by atoms with Gasteiger partial charge in [0.05, 0.1) is 10.6 Å². The molecule has 3 aromatic heterocycles. The largest absolute Gasteiger partial charge is 0.340 e. The summed E-state index contributed by atoms with van der Waals surface area (Å²) in [6.45, 7) is 3.30. The second kappa shape index (κ2) is 7.68. The molecule has 1 saturated carbocycles. The van der Waals surface area contributed by atoms with E-state index in [4.69, 9.17) is 4.52 Å². The predicted octanol–water partition coefficient (Wildman–Crippen LogP) is 3.36. The Morgan fingerprint density at radius 2 is 2.14 bits per heavy atom. The number of nitrogens with one attached hydrogen (secondary N) is 1. The van der Waals surface area contributed by atoms with E-state index in [9.17, 15) is 13.2 Å². The summed E-state index contributed by atoms with van der Waals surface area (Å²) in [5.41, 5.74) is 1.86. The summed E-state index contributed by atoms with van der Waals surface area (Å²) in [5.74, 6) is 0.841. The zero-order valence-electron chi connectivity index (χ0n) is 16.0. The Morgan fingerprint density at radius 3 is 2.86 bits per heavy atom. The number of rotatable bonds is 7. The van der Waals surface area contributed by atoms with Crippen molar-refractivity contribution in [2.24, 2.45) is 0 Å². The molecule has 1 aliphatic carbocycles. The maximum absolute atomic E-state index is 12.5. The lowest BCUT2D eigenvalue weighted by Crippen LogP contribution is -2.26. The first kappa shape index (κ1) is 19.7. The lowest BCUT2D eigenvalue weighted by molar-refractivity contribution is 0.0936. The zero-order valence-corrected chi connectivity index (χ0v) is 17.6. The summed E-state index contributed by atoms with van der Waals surface area (Å²) in [6.07, 6.45) is 4.05. The second-order valence-electron chi connectivity index (χ2n) is 6.92. The van der Waals surface area contributed by atoms with Gasteiger partial charge in [-0.3, -0.25) is 9.78 Å². The van der Waals surface area contributed by atoms with Crippen LogP contribution in [0.1, 0.15) is 59.9 Å². The molecule has 0 aromatic carbocycles. The Kier molecular flexibility index (Phi) is 5.22. The number of amides is 1. The molecule has 1 aliphatic rings. The Morgan fingerprint density at radius 1 is 1.34 bits per heavy atom. The fraction of sp³-hybridized carbons (Fsp3) is 0.368. The van der Waals surface area contributed by atoms with E-state index in [1.807, 2.05) is 12.1 Å². The van der Waals surface area contributed by atoms with Crippen LogP contribution in [0.4, 0.5) is 0 Å². The van der Waals surface area contributed by atoms with Crippen LogP contribution in [0.5, 0.6) is 0 Å². The Balaban J connectivity index is 1.46. The zero-order chi connectivity index (χ0) is 20.6. The van der Waals surface area contributed by atoms with E-state index >= 15 is 0 Å². The highest BCUT2D eigenvalue weighted by Crippen LogP contribution is 2.39. The van der Waals surface area contributed by atoms with Crippen LogP contribution in [-0.2, 0) is 9.84 Å². The fourth-order valence-electron chi connectivity index (χ4n) is 2.80. The molecule has 1 unspecified atom stereocenters. The van der Waals surface area contributed by atoms with E-state index in [-0.39, 0.29) is 21.8 Å². The van der Waals surface area contributed by atoms with Crippen molar-refractivity contribution in [1.29, 1.82) is 0 Å². The molecule has 0 radical (unpaired) electrons. The van der Waals surface area contributed by atoms with Crippen molar-refractivity contribution in [2.45, 2.75) is 42.9 Å².